The first-order valence-electron chi connectivity index (χ1n) is 9.63. The van der Waals surface area contributed by atoms with Gasteiger partial charge in [0.15, 0.2) is 10.8 Å². The summed E-state index contributed by atoms with van der Waals surface area (Å²) in [7, 11) is 2.18. The van der Waals surface area contributed by atoms with Crippen LogP contribution in [0.1, 0.15) is 46.2 Å². The Morgan fingerprint density at radius 3 is 2.29 bits per heavy atom. The first-order valence-corrected chi connectivity index (χ1v) is 10.5. The van der Waals surface area contributed by atoms with Crippen LogP contribution in [0.15, 0.2) is 6.20 Å². The maximum absolute atomic E-state index is 12.6. The maximum Gasteiger partial charge on any atom is 0.290 e. The molecule has 0 bridgehead atoms. The van der Waals surface area contributed by atoms with Crippen molar-refractivity contribution in [2.75, 3.05) is 46.3 Å². The van der Waals surface area contributed by atoms with Crippen LogP contribution in [0.25, 0.3) is 0 Å². The van der Waals surface area contributed by atoms with Crippen molar-refractivity contribution in [1.29, 1.82) is 0 Å². The number of nitrogens with zero attached hydrogens (tertiary/aromatic N) is 4. The number of carboxylic acid groups (broad SMARTS) is 1. The van der Waals surface area contributed by atoms with Crippen molar-refractivity contribution in [2.45, 2.75) is 32.7 Å². The number of Topliss-reactive ketones (excluding diaryl/α,β-unsaturated/α-hetero) is 1. The zero-order valence-electron chi connectivity index (χ0n) is 16.8. The van der Waals surface area contributed by atoms with E-state index in [4.69, 9.17) is 9.90 Å². The van der Waals surface area contributed by atoms with E-state index in [9.17, 15) is 9.59 Å². The molecule has 0 aliphatic carbocycles. The SMILES string of the molecule is CC(=O)c1ncc(C(=O)N2CCC(C(C)N3CCN(C)CC3)CC2)s1.O=CO. The Balaban J connectivity index is 0.000000878. The second-order valence-corrected chi connectivity index (χ2v) is 8.43. The maximum atomic E-state index is 12.6. The van der Waals surface area contributed by atoms with E-state index >= 15 is 0 Å². The summed E-state index contributed by atoms with van der Waals surface area (Å²) in [5.41, 5.74) is 0. The highest BCUT2D eigenvalue weighted by molar-refractivity contribution is 7.15. The average Bonchev–Trinajstić information content (AvgIpc) is 3.19. The molecular formula is C19H30N4O4S. The van der Waals surface area contributed by atoms with E-state index in [1.165, 1.54) is 18.3 Å². The number of hydrogen-bond donors (Lipinski definition) is 1. The molecule has 1 N–H and O–H groups in total. The Labute approximate surface area is 170 Å². The van der Waals surface area contributed by atoms with Gasteiger partial charge in [0.2, 0.25) is 0 Å². The number of aromatic nitrogens is 1. The van der Waals surface area contributed by atoms with E-state index in [1.54, 1.807) is 6.20 Å². The molecule has 1 unspecified atom stereocenters. The van der Waals surface area contributed by atoms with Crippen molar-refractivity contribution >= 4 is 29.5 Å². The van der Waals surface area contributed by atoms with Crippen LogP contribution in [0.4, 0.5) is 0 Å². The predicted molar refractivity (Wildman–Crippen MR) is 108 cm³/mol. The number of piperidine rings is 1. The molecule has 9 heteroatoms. The van der Waals surface area contributed by atoms with Crippen LogP contribution in [0, 0.1) is 5.92 Å². The molecule has 1 aromatic rings. The first-order chi connectivity index (χ1) is 13.4. The van der Waals surface area contributed by atoms with Gasteiger partial charge in [-0.15, -0.1) is 11.3 Å². The van der Waals surface area contributed by atoms with Crippen molar-refractivity contribution in [3.8, 4) is 0 Å². The second-order valence-electron chi connectivity index (χ2n) is 7.40. The van der Waals surface area contributed by atoms with Crippen molar-refractivity contribution in [1.82, 2.24) is 19.7 Å². The minimum atomic E-state index is -0.250. The number of rotatable bonds is 4. The summed E-state index contributed by atoms with van der Waals surface area (Å²) in [5.74, 6) is 0.598. The van der Waals surface area contributed by atoms with E-state index < -0.39 is 0 Å². The van der Waals surface area contributed by atoms with Gasteiger partial charge in [-0.3, -0.25) is 19.3 Å². The van der Waals surface area contributed by atoms with Crippen LogP contribution in [-0.4, -0.2) is 95.3 Å². The molecule has 0 radical (unpaired) electrons. The lowest BCUT2D eigenvalue weighted by atomic mass is 9.89. The molecule has 1 amide bonds. The molecule has 1 aromatic heterocycles. The summed E-state index contributed by atoms with van der Waals surface area (Å²) in [6.07, 6.45) is 3.65. The van der Waals surface area contributed by atoms with Gasteiger partial charge in [0, 0.05) is 52.2 Å². The highest BCUT2D eigenvalue weighted by Crippen LogP contribution is 2.26. The first kappa shape index (κ1) is 22.4. The molecule has 2 aliphatic heterocycles. The lowest BCUT2D eigenvalue weighted by Crippen LogP contribution is -2.52. The lowest BCUT2D eigenvalue weighted by molar-refractivity contribution is -0.122. The van der Waals surface area contributed by atoms with Crippen molar-refractivity contribution in [3.63, 3.8) is 0 Å². The molecule has 2 saturated heterocycles. The number of likely N-dealkylation sites (tertiary alicyclic amines) is 1. The molecule has 156 valence electrons. The molecule has 8 nitrogen and oxygen atoms in total. The fourth-order valence-electron chi connectivity index (χ4n) is 3.80. The Bertz CT molecular complexity index is 665. The molecule has 2 fully saturated rings. The number of hydrogen-bond acceptors (Lipinski definition) is 7. The van der Waals surface area contributed by atoms with Crippen LogP contribution >= 0.6 is 11.3 Å². The Hall–Kier alpha value is -1.84. The largest absolute Gasteiger partial charge is 0.483 e. The quantitative estimate of drug-likeness (QED) is 0.594. The number of thiazole rings is 1. The fourth-order valence-corrected chi connectivity index (χ4v) is 4.58. The number of carbonyl (C=O) groups excluding carboxylic acids is 2. The van der Waals surface area contributed by atoms with Gasteiger partial charge in [-0.05, 0) is 32.7 Å². The molecule has 3 heterocycles. The normalized spacial score (nSPS) is 20.2. The molecular weight excluding hydrogens is 380 g/mol. The summed E-state index contributed by atoms with van der Waals surface area (Å²) >= 11 is 1.21. The van der Waals surface area contributed by atoms with Gasteiger partial charge < -0.3 is 14.9 Å². The lowest BCUT2D eigenvalue weighted by Gasteiger charge is -2.42. The summed E-state index contributed by atoms with van der Waals surface area (Å²) in [5, 5.41) is 7.31. The minimum Gasteiger partial charge on any atom is -0.483 e. The van der Waals surface area contributed by atoms with Crippen LogP contribution in [0.5, 0.6) is 0 Å². The number of amides is 1. The van der Waals surface area contributed by atoms with E-state index in [0.29, 0.717) is 21.8 Å². The highest BCUT2D eigenvalue weighted by Gasteiger charge is 2.31. The monoisotopic (exact) mass is 410 g/mol. The smallest absolute Gasteiger partial charge is 0.290 e. The van der Waals surface area contributed by atoms with Crippen molar-refractivity contribution in [3.05, 3.63) is 16.1 Å². The standard InChI is InChI=1S/C18H28N4O2S.CH2O2/c1-13(21-10-8-20(3)9-11-21)15-4-6-22(7-5-15)18(24)16-12-19-17(25-16)14(2)23;2-1-3/h12-13,15H,4-11H2,1-3H3;1H,(H,2,3). The van der Waals surface area contributed by atoms with Crippen LogP contribution < -0.4 is 0 Å². The summed E-state index contributed by atoms with van der Waals surface area (Å²) in [6, 6.07) is 0.582. The third-order valence-electron chi connectivity index (χ3n) is 5.64. The van der Waals surface area contributed by atoms with Crippen molar-refractivity contribution in [2.24, 2.45) is 5.92 Å². The third-order valence-corrected chi connectivity index (χ3v) is 6.73. The molecule has 2 aliphatic rings. The van der Waals surface area contributed by atoms with E-state index in [0.717, 1.165) is 52.1 Å². The number of likely N-dealkylation sites (N-methyl/N-ethyl adjacent to an activating group) is 1. The number of carbonyl (C=O) groups is 3. The highest BCUT2D eigenvalue weighted by atomic mass is 32.1. The van der Waals surface area contributed by atoms with Crippen molar-refractivity contribution < 1.29 is 19.5 Å². The minimum absolute atomic E-state index is 0.0238. The molecule has 0 aromatic carbocycles. The van der Waals surface area contributed by atoms with Gasteiger partial charge in [0.1, 0.15) is 4.88 Å². The van der Waals surface area contributed by atoms with Gasteiger partial charge in [0.25, 0.3) is 12.4 Å². The van der Waals surface area contributed by atoms with E-state index in [1.807, 2.05) is 4.90 Å². The topological polar surface area (TPSA) is 94.1 Å². The zero-order valence-corrected chi connectivity index (χ0v) is 17.7. The molecule has 3 rings (SSSR count). The van der Waals surface area contributed by atoms with E-state index in [2.05, 4.69) is 28.8 Å². The predicted octanol–water partition coefficient (Wildman–Crippen LogP) is 1.53. The second kappa shape index (κ2) is 10.6. The van der Waals surface area contributed by atoms with Gasteiger partial charge in [-0.2, -0.15) is 0 Å². The van der Waals surface area contributed by atoms with Gasteiger partial charge in [-0.25, -0.2) is 4.98 Å². The Morgan fingerprint density at radius 1 is 1.21 bits per heavy atom. The molecule has 1 atom stereocenters. The van der Waals surface area contributed by atoms with Crippen LogP contribution in [0.2, 0.25) is 0 Å². The summed E-state index contributed by atoms with van der Waals surface area (Å²) in [6.45, 7) is 9.76. The van der Waals surface area contributed by atoms with Crippen LogP contribution in [-0.2, 0) is 4.79 Å². The fraction of sp³-hybridized carbons (Fsp3) is 0.684. The molecule has 0 saturated carbocycles. The summed E-state index contributed by atoms with van der Waals surface area (Å²) in [4.78, 5) is 43.9. The Kier molecular flexibility index (Phi) is 8.53. The van der Waals surface area contributed by atoms with E-state index in [-0.39, 0.29) is 18.2 Å². The Morgan fingerprint density at radius 2 is 1.79 bits per heavy atom. The number of piperazine rings is 1. The van der Waals surface area contributed by atoms with Crippen LogP contribution in [0.3, 0.4) is 0 Å². The zero-order chi connectivity index (χ0) is 20.7. The third kappa shape index (κ3) is 5.83. The van der Waals surface area contributed by atoms with Gasteiger partial charge in [0.05, 0.1) is 6.20 Å². The summed E-state index contributed by atoms with van der Waals surface area (Å²) < 4.78 is 0. The number of ketones is 1. The molecule has 0 spiro atoms. The van der Waals surface area contributed by atoms with Gasteiger partial charge >= 0.3 is 0 Å². The molecule has 28 heavy (non-hydrogen) atoms. The van der Waals surface area contributed by atoms with Gasteiger partial charge in [-0.1, -0.05) is 0 Å². The average molecular weight is 411 g/mol.